The van der Waals surface area contributed by atoms with Gasteiger partial charge in [0.15, 0.2) is 0 Å². The molecule has 4 N–H and O–H groups in total. The molecule has 0 amide bonds. The lowest BCUT2D eigenvalue weighted by Gasteiger charge is -2.09. The van der Waals surface area contributed by atoms with Crippen LogP contribution in [0.15, 0.2) is 23.2 Å². The lowest BCUT2D eigenvalue weighted by Crippen LogP contribution is -2.36. The van der Waals surface area contributed by atoms with Crippen molar-refractivity contribution in [2.24, 2.45) is 10.8 Å². The molecule has 0 aromatic heterocycles. The number of benzene rings is 1. The van der Waals surface area contributed by atoms with Crippen molar-refractivity contribution in [3.05, 3.63) is 29.0 Å². The molecule has 1 aromatic rings. The van der Waals surface area contributed by atoms with Crippen molar-refractivity contribution in [1.29, 1.82) is 0 Å². The number of aliphatic imine (C=N–C) groups is 1. The van der Waals surface area contributed by atoms with Crippen LogP contribution in [0.25, 0.3) is 0 Å². The second kappa shape index (κ2) is 7.86. The molecule has 0 saturated heterocycles. The summed E-state index contributed by atoms with van der Waals surface area (Å²) in [5.41, 5.74) is 2.92. The van der Waals surface area contributed by atoms with Gasteiger partial charge in [0.2, 0.25) is 5.96 Å². The minimum Gasteiger partial charge on any atom is -0.385 e. The summed E-state index contributed by atoms with van der Waals surface area (Å²) in [6.07, 6.45) is 0.776. The number of halogens is 2. The molecule has 5 nitrogen and oxygen atoms in total. The van der Waals surface area contributed by atoms with Crippen LogP contribution in [0.5, 0.6) is 0 Å². The van der Waals surface area contributed by atoms with Gasteiger partial charge in [0.1, 0.15) is 5.82 Å². The number of rotatable bonds is 5. The fourth-order valence-electron chi connectivity index (χ4n) is 1.23. The maximum atomic E-state index is 13.2. The first-order valence-electron chi connectivity index (χ1n) is 5.39. The maximum absolute atomic E-state index is 13.2. The zero-order valence-electron chi connectivity index (χ0n) is 10.0. The Morgan fingerprint density at radius 1 is 1.56 bits per heavy atom. The molecule has 0 fully saturated rings. The van der Waals surface area contributed by atoms with Gasteiger partial charge in [0, 0.05) is 25.9 Å². The van der Waals surface area contributed by atoms with Crippen LogP contribution in [0.3, 0.4) is 0 Å². The number of nitrogens with two attached hydrogens (primary N) is 1. The Morgan fingerprint density at radius 3 is 2.94 bits per heavy atom. The first-order valence-corrected chi connectivity index (χ1v) is 5.77. The first kappa shape index (κ1) is 14.7. The first-order chi connectivity index (χ1) is 8.67. The zero-order chi connectivity index (χ0) is 13.4. The molecule has 0 aliphatic rings. The molecule has 0 atom stereocenters. The molecule has 0 bridgehead atoms. The number of ether oxygens (including phenoxy) is 1. The zero-order valence-corrected chi connectivity index (χ0v) is 10.8. The van der Waals surface area contributed by atoms with E-state index in [-0.39, 0.29) is 5.02 Å². The number of guanidine groups is 1. The van der Waals surface area contributed by atoms with E-state index in [0.717, 1.165) is 6.42 Å². The van der Waals surface area contributed by atoms with Gasteiger partial charge in [0.05, 0.1) is 5.02 Å². The quantitative estimate of drug-likeness (QED) is 0.251. The summed E-state index contributed by atoms with van der Waals surface area (Å²) in [6, 6.07) is 4.36. The molecule has 0 saturated carbocycles. The van der Waals surface area contributed by atoms with Crippen molar-refractivity contribution in [2.75, 3.05) is 25.6 Å². The third kappa shape index (κ3) is 4.87. The Kier molecular flexibility index (Phi) is 6.42. The second-order valence-corrected chi connectivity index (χ2v) is 3.88. The molecule has 18 heavy (non-hydrogen) atoms. The van der Waals surface area contributed by atoms with Crippen LogP contribution in [0.4, 0.5) is 10.1 Å². The molecule has 1 aromatic carbocycles. The van der Waals surface area contributed by atoms with Gasteiger partial charge in [0.25, 0.3) is 0 Å². The number of anilines is 1. The van der Waals surface area contributed by atoms with Gasteiger partial charge in [-0.1, -0.05) is 11.6 Å². The summed E-state index contributed by atoms with van der Waals surface area (Å²) in [5.74, 6) is 5.16. The van der Waals surface area contributed by atoms with Crippen molar-refractivity contribution >= 4 is 23.2 Å². The number of hydrazine groups is 1. The fourth-order valence-corrected chi connectivity index (χ4v) is 1.35. The van der Waals surface area contributed by atoms with Gasteiger partial charge in [-0.2, -0.15) is 0 Å². The highest BCUT2D eigenvalue weighted by molar-refractivity contribution is 6.30. The van der Waals surface area contributed by atoms with Crippen LogP contribution in [-0.2, 0) is 4.74 Å². The average molecular weight is 275 g/mol. The summed E-state index contributed by atoms with van der Waals surface area (Å²) in [6.45, 7) is 1.17. The van der Waals surface area contributed by atoms with Crippen molar-refractivity contribution in [1.82, 2.24) is 5.43 Å². The Hall–Kier alpha value is -1.37. The van der Waals surface area contributed by atoms with E-state index in [1.54, 1.807) is 13.2 Å². The standard InChI is InChI=1S/C11H16ClFN4O/c1-18-6-2-5-15-11(17-14)16-8-3-4-9(12)10(13)7-8/h3-4,7H,2,5-6,14H2,1H3,(H2,15,16,17). The van der Waals surface area contributed by atoms with E-state index in [0.29, 0.717) is 24.8 Å². The predicted octanol–water partition coefficient (Wildman–Crippen LogP) is 1.75. The van der Waals surface area contributed by atoms with Gasteiger partial charge in [-0.15, -0.1) is 0 Å². The van der Waals surface area contributed by atoms with Crippen molar-refractivity contribution in [3.63, 3.8) is 0 Å². The molecule has 0 aliphatic carbocycles. The van der Waals surface area contributed by atoms with Gasteiger partial charge >= 0.3 is 0 Å². The van der Waals surface area contributed by atoms with E-state index in [4.69, 9.17) is 22.2 Å². The largest absolute Gasteiger partial charge is 0.385 e. The van der Waals surface area contributed by atoms with Crippen LogP contribution < -0.4 is 16.6 Å². The molecule has 0 spiro atoms. The SMILES string of the molecule is COCCCN=C(NN)Nc1ccc(Cl)c(F)c1. The summed E-state index contributed by atoms with van der Waals surface area (Å²) >= 11 is 5.58. The summed E-state index contributed by atoms with van der Waals surface area (Å²) < 4.78 is 18.1. The molecule has 1 rings (SSSR count). The van der Waals surface area contributed by atoms with Crippen LogP contribution in [0.2, 0.25) is 5.02 Å². The monoisotopic (exact) mass is 274 g/mol. The molecule has 100 valence electrons. The van der Waals surface area contributed by atoms with Crippen LogP contribution in [0, 0.1) is 5.82 Å². The number of nitrogens with zero attached hydrogens (tertiary/aromatic N) is 1. The van der Waals surface area contributed by atoms with Crippen LogP contribution in [0.1, 0.15) is 6.42 Å². The summed E-state index contributed by atoms with van der Waals surface area (Å²) in [7, 11) is 1.63. The van der Waals surface area contributed by atoms with Gasteiger partial charge < -0.3 is 10.1 Å². The summed E-state index contributed by atoms with van der Waals surface area (Å²) in [4.78, 5) is 4.16. The lowest BCUT2D eigenvalue weighted by molar-refractivity contribution is 0.197. The minimum absolute atomic E-state index is 0.0693. The molecule has 0 radical (unpaired) electrons. The number of hydrogen-bond acceptors (Lipinski definition) is 3. The van der Waals surface area contributed by atoms with Crippen LogP contribution in [-0.4, -0.2) is 26.2 Å². The van der Waals surface area contributed by atoms with Crippen molar-refractivity contribution in [3.8, 4) is 0 Å². The highest BCUT2D eigenvalue weighted by Crippen LogP contribution is 2.18. The maximum Gasteiger partial charge on any atom is 0.210 e. The molecule has 0 unspecified atom stereocenters. The highest BCUT2D eigenvalue weighted by atomic mass is 35.5. The smallest absolute Gasteiger partial charge is 0.210 e. The van der Waals surface area contributed by atoms with E-state index < -0.39 is 5.82 Å². The van der Waals surface area contributed by atoms with Crippen LogP contribution >= 0.6 is 11.6 Å². The lowest BCUT2D eigenvalue weighted by atomic mass is 10.3. The Morgan fingerprint density at radius 2 is 2.33 bits per heavy atom. The molecule has 7 heteroatoms. The van der Waals surface area contributed by atoms with E-state index >= 15 is 0 Å². The molecule has 0 heterocycles. The topological polar surface area (TPSA) is 71.7 Å². The Bertz CT molecular complexity index is 414. The Labute approximate surface area is 110 Å². The third-order valence-electron chi connectivity index (χ3n) is 2.10. The predicted molar refractivity (Wildman–Crippen MR) is 71.2 cm³/mol. The fraction of sp³-hybridized carbons (Fsp3) is 0.364. The third-order valence-corrected chi connectivity index (χ3v) is 2.40. The van der Waals surface area contributed by atoms with Gasteiger partial charge in [-0.3, -0.25) is 10.4 Å². The number of methoxy groups -OCH3 is 1. The van der Waals surface area contributed by atoms with Gasteiger partial charge in [-0.25, -0.2) is 10.2 Å². The normalized spacial score (nSPS) is 11.4. The van der Waals surface area contributed by atoms with E-state index in [1.807, 2.05) is 0 Å². The van der Waals surface area contributed by atoms with E-state index in [1.165, 1.54) is 12.1 Å². The molecular formula is C11H16ClFN4O. The number of nitrogens with one attached hydrogen (secondary N) is 2. The number of hydrogen-bond donors (Lipinski definition) is 3. The average Bonchev–Trinajstić information content (AvgIpc) is 2.37. The highest BCUT2D eigenvalue weighted by Gasteiger charge is 2.02. The minimum atomic E-state index is -0.502. The van der Waals surface area contributed by atoms with E-state index in [9.17, 15) is 4.39 Å². The van der Waals surface area contributed by atoms with Crippen molar-refractivity contribution in [2.45, 2.75) is 6.42 Å². The van der Waals surface area contributed by atoms with E-state index in [2.05, 4.69) is 15.7 Å². The van der Waals surface area contributed by atoms with Crippen molar-refractivity contribution < 1.29 is 9.13 Å². The molecule has 0 aliphatic heterocycles. The Balaban J connectivity index is 2.58. The second-order valence-electron chi connectivity index (χ2n) is 3.47. The summed E-state index contributed by atoms with van der Waals surface area (Å²) in [5, 5.41) is 2.92. The molecular weight excluding hydrogens is 259 g/mol. The van der Waals surface area contributed by atoms with Gasteiger partial charge in [-0.05, 0) is 24.6 Å².